The second-order valence-electron chi connectivity index (χ2n) is 5.01. The Balaban J connectivity index is 1.93. The Hall–Kier alpha value is -0.700. The highest BCUT2D eigenvalue weighted by Crippen LogP contribution is 2.31. The molecule has 1 aliphatic carbocycles. The number of hydrogen-bond donors (Lipinski definition) is 2. The van der Waals surface area contributed by atoms with Gasteiger partial charge in [-0.1, -0.05) is 13.3 Å². The zero-order valence-electron chi connectivity index (χ0n) is 10.4. The number of anilines is 2. The Kier molecular flexibility index (Phi) is 4.32. The smallest absolute Gasteiger partial charge is 0.0488 e. The number of hydrogen-bond acceptors (Lipinski definition) is 2. The lowest BCUT2D eigenvalue weighted by Crippen LogP contribution is -2.26. The van der Waals surface area contributed by atoms with Gasteiger partial charge in [-0.05, 0) is 65.7 Å². The molecule has 17 heavy (non-hydrogen) atoms. The first-order valence-electron chi connectivity index (χ1n) is 6.50. The third-order valence-electron chi connectivity index (χ3n) is 3.78. The van der Waals surface area contributed by atoms with E-state index in [0.29, 0.717) is 6.04 Å². The Morgan fingerprint density at radius 2 is 2.00 bits per heavy atom. The normalized spacial score (nSPS) is 24.6. The van der Waals surface area contributed by atoms with Gasteiger partial charge in [0.1, 0.15) is 0 Å². The van der Waals surface area contributed by atoms with Gasteiger partial charge >= 0.3 is 0 Å². The van der Waals surface area contributed by atoms with Crippen LogP contribution in [0.4, 0.5) is 11.4 Å². The van der Waals surface area contributed by atoms with Gasteiger partial charge in [0.15, 0.2) is 0 Å². The highest BCUT2D eigenvalue weighted by molar-refractivity contribution is 9.10. The van der Waals surface area contributed by atoms with E-state index in [1.807, 2.05) is 12.1 Å². The molecule has 94 valence electrons. The van der Waals surface area contributed by atoms with Gasteiger partial charge in [0.05, 0.1) is 0 Å². The maximum absolute atomic E-state index is 5.74. The summed E-state index contributed by atoms with van der Waals surface area (Å²) in [6.07, 6.45) is 6.63. The standard InChI is InChI=1S/C14H21BrN2/c1-2-10-3-6-12(7-4-10)17-14-8-5-11(16)9-13(14)15/h5,8-10,12,17H,2-4,6-7,16H2,1H3. The number of nitrogens with one attached hydrogen (secondary N) is 1. The lowest BCUT2D eigenvalue weighted by Gasteiger charge is -2.29. The SMILES string of the molecule is CCC1CCC(Nc2ccc(N)cc2Br)CC1. The van der Waals surface area contributed by atoms with Gasteiger partial charge in [0, 0.05) is 21.9 Å². The van der Waals surface area contributed by atoms with Gasteiger partial charge in [-0.15, -0.1) is 0 Å². The third-order valence-corrected chi connectivity index (χ3v) is 4.43. The van der Waals surface area contributed by atoms with E-state index in [1.54, 1.807) is 0 Å². The summed E-state index contributed by atoms with van der Waals surface area (Å²) in [5.41, 5.74) is 7.71. The van der Waals surface area contributed by atoms with Crippen LogP contribution in [-0.4, -0.2) is 6.04 Å². The fourth-order valence-electron chi connectivity index (χ4n) is 2.58. The molecule has 3 heteroatoms. The van der Waals surface area contributed by atoms with E-state index in [-0.39, 0.29) is 0 Å². The Labute approximate surface area is 112 Å². The molecule has 3 N–H and O–H groups in total. The van der Waals surface area contributed by atoms with E-state index in [1.165, 1.54) is 37.8 Å². The second-order valence-corrected chi connectivity index (χ2v) is 5.86. The van der Waals surface area contributed by atoms with Gasteiger partial charge in [0.2, 0.25) is 0 Å². The molecule has 0 atom stereocenters. The van der Waals surface area contributed by atoms with Crippen LogP contribution in [0.15, 0.2) is 22.7 Å². The van der Waals surface area contributed by atoms with Gasteiger partial charge in [-0.3, -0.25) is 0 Å². The monoisotopic (exact) mass is 296 g/mol. The molecule has 1 saturated carbocycles. The summed E-state index contributed by atoms with van der Waals surface area (Å²) in [4.78, 5) is 0. The maximum atomic E-state index is 5.74. The van der Waals surface area contributed by atoms with Crippen LogP contribution in [0, 0.1) is 5.92 Å². The lowest BCUT2D eigenvalue weighted by atomic mass is 9.84. The van der Waals surface area contributed by atoms with Crippen molar-refractivity contribution < 1.29 is 0 Å². The van der Waals surface area contributed by atoms with Crippen molar-refractivity contribution in [1.29, 1.82) is 0 Å². The van der Waals surface area contributed by atoms with Gasteiger partial charge in [0.25, 0.3) is 0 Å². The minimum atomic E-state index is 0.623. The molecule has 0 spiro atoms. The number of nitrogens with two attached hydrogens (primary N) is 1. The zero-order chi connectivity index (χ0) is 12.3. The number of nitrogen functional groups attached to an aromatic ring is 1. The summed E-state index contributed by atoms with van der Waals surface area (Å²) >= 11 is 3.56. The highest BCUT2D eigenvalue weighted by atomic mass is 79.9. The van der Waals surface area contributed by atoms with Crippen LogP contribution in [0.3, 0.4) is 0 Å². The van der Waals surface area contributed by atoms with Crippen molar-refractivity contribution in [3.05, 3.63) is 22.7 Å². The molecule has 0 radical (unpaired) electrons. The predicted molar refractivity (Wildman–Crippen MR) is 78.2 cm³/mol. The molecule has 0 bridgehead atoms. The van der Waals surface area contributed by atoms with E-state index in [2.05, 4.69) is 34.2 Å². The van der Waals surface area contributed by atoms with E-state index in [4.69, 9.17) is 5.73 Å². The second kappa shape index (κ2) is 5.76. The van der Waals surface area contributed by atoms with E-state index < -0.39 is 0 Å². The Morgan fingerprint density at radius 1 is 1.29 bits per heavy atom. The average Bonchev–Trinajstić information content (AvgIpc) is 2.34. The van der Waals surface area contributed by atoms with E-state index >= 15 is 0 Å². The lowest BCUT2D eigenvalue weighted by molar-refractivity contribution is 0.330. The Bertz CT molecular complexity index is 370. The molecule has 2 rings (SSSR count). The number of rotatable bonds is 3. The minimum absolute atomic E-state index is 0.623. The van der Waals surface area contributed by atoms with Crippen molar-refractivity contribution in [2.75, 3.05) is 11.1 Å². The fraction of sp³-hybridized carbons (Fsp3) is 0.571. The first kappa shape index (κ1) is 12.7. The number of benzene rings is 1. The van der Waals surface area contributed by atoms with Crippen molar-refractivity contribution in [1.82, 2.24) is 0 Å². The van der Waals surface area contributed by atoms with Crippen molar-refractivity contribution in [2.24, 2.45) is 5.92 Å². The predicted octanol–water partition coefficient (Wildman–Crippen LogP) is 4.41. The van der Waals surface area contributed by atoms with Crippen LogP contribution in [0.2, 0.25) is 0 Å². The molecule has 1 aromatic rings. The maximum Gasteiger partial charge on any atom is 0.0488 e. The van der Waals surface area contributed by atoms with Crippen LogP contribution in [-0.2, 0) is 0 Å². The molecule has 0 aliphatic heterocycles. The summed E-state index contributed by atoms with van der Waals surface area (Å²) in [6.45, 7) is 2.30. The molecule has 0 saturated heterocycles. The van der Waals surface area contributed by atoms with Crippen LogP contribution < -0.4 is 11.1 Å². The zero-order valence-corrected chi connectivity index (χ0v) is 12.0. The molecule has 0 amide bonds. The van der Waals surface area contributed by atoms with E-state index in [0.717, 1.165) is 16.1 Å². The third kappa shape index (κ3) is 3.38. The van der Waals surface area contributed by atoms with Crippen molar-refractivity contribution >= 4 is 27.3 Å². The fourth-order valence-corrected chi connectivity index (χ4v) is 3.09. The number of halogens is 1. The molecule has 0 aromatic heterocycles. The average molecular weight is 297 g/mol. The first-order valence-corrected chi connectivity index (χ1v) is 7.30. The quantitative estimate of drug-likeness (QED) is 0.811. The van der Waals surface area contributed by atoms with Crippen molar-refractivity contribution in [3.63, 3.8) is 0 Å². The molecule has 1 aliphatic rings. The van der Waals surface area contributed by atoms with Crippen LogP contribution in [0.1, 0.15) is 39.0 Å². The molecular weight excluding hydrogens is 276 g/mol. The minimum Gasteiger partial charge on any atom is -0.399 e. The summed E-state index contributed by atoms with van der Waals surface area (Å²) in [6, 6.07) is 6.59. The molecular formula is C14H21BrN2. The Morgan fingerprint density at radius 3 is 2.59 bits per heavy atom. The van der Waals surface area contributed by atoms with Gasteiger partial charge in [-0.2, -0.15) is 0 Å². The van der Waals surface area contributed by atoms with Crippen LogP contribution in [0.5, 0.6) is 0 Å². The molecule has 1 fully saturated rings. The highest BCUT2D eigenvalue weighted by Gasteiger charge is 2.20. The summed E-state index contributed by atoms with van der Waals surface area (Å²) in [5, 5.41) is 3.62. The van der Waals surface area contributed by atoms with Gasteiger partial charge < -0.3 is 11.1 Å². The molecule has 2 nitrogen and oxygen atoms in total. The summed E-state index contributed by atoms with van der Waals surface area (Å²) in [5.74, 6) is 0.947. The van der Waals surface area contributed by atoms with Crippen LogP contribution in [0.25, 0.3) is 0 Å². The topological polar surface area (TPSA) is 38.0 Å². The molecule has 1 aromatic carbocycles. The van der Waals surface area contributed by atoms with Crippen molar-refractivity contribution in [2.45, 2.75) is 45.1 Å². The summed E-state index contributed by atoms with van der Waals surface area (Å²) < 4.78 is 1.06. The van der Waals surface area contributed by atoms with Crippen molar-refractivity contribution in [3.8, 4) is 0 Å². The summed E-state index contributed by atoms with van der Waals surface area (Å²) in [7, 11) is 0. The first-order chi connectivity index (χ1) is 8.19. The van der Waals surface area contributed by atoms with E-state index in [9.17, 15) is 0 Å². The molecule has 0 unspecified atom stereocenters. The largest absolute Gasteiger partial charge is 0.399 e. The molecule has 0 heterocycles. The van der Waals surface area contributed by atoms with Gasteiger partial charge in [-0.25, -0.2) is 0 Å². The van der Waals surface area contributed by atoms with Crippen LogP contribution >= 0.6 is 15.9 Å².